The average molecular weight is 330 g/mol. The number of aromatic carboxylic acids is 1. The fraction of sp³-hybridized carbons (Fsp3) is 0.500. The van der Waals surface area contributed by atoms with Crippen molar-refractivity contribution >= 4 is 27.6 Å². The van der Waals surface area contributed by atoms with Gasteiger partial charge in [-0.05, 0) is 36.5 Å². The van der Waals surface area contributed by atoms with E-state index in [9.17, 15) is 4.79 Å². The van der Waals surface area contributed by atoms with E-state index in [1.54, 1.807) is 12.1 Å². The van der Waals surface area contributed by atoms with Crippen molar-refractivity contribution in [3.63, 3.8) is 0 Å². The number of anilines is 1. The summed E-state index contributed by atoms with van der Waals surface area (Å²) in [6.07, 6.45) is 1.64. The van der Waals surface area contributed by atoms with Crippen LogP contribution in [0.4, 0.5) is 5.69 Å². The zero-order valence-electron chi connectivity index (χ0n) is 11.2. The van der Waals surface area contributed by atoms with Crippen molar-refractivity contribution in [3.05, 3.63) is 28.2 Å². The standard InChI is InChI=1S/C14H20BrNO3/c1-14(2,6-3-7-17)9-16-12-5-4-10(15)8-11(12)13(18)19/h4-5,8,16-17H,3,6-7,9H2,1-2H3,(H,18,19). The molecule has 106 valence electrons. The number of nitrogens with one attached hydrogen (secondary N) is 1. The molecule has 0 atom stereocenters. The first-order chi connectivity index (χ1) is 8.85. The molecule has 3 N–H and O–H groups in total. The smallest absolute Gasteiger partial charge is 0.337 e. The first-order valence-corrected chi connectivity index (χ1v) is 7.02. The molecule has 0 spiro atoms. The van der Waals surface area contributed by atoms with Crippen LogP contribution in [0.5, 0.6) is 0 Å². The Balaban J connectivity index is 2.75. The Bertz CT molecular complexity index is 446. The molecular formula is C14H20BrNO3. The van der Waals surface area contributed by atoms with Crippen LogP contribution in [0.25, 0.3) is 0 Å². The highest BCUT2D eigenvalue weighted by Gasteiger charge is 2.18. The summed E-state index contributed by atoms with van der Waals surface area (Å²) in [5, 5.41) is 21.2. The number of carbonyl (C=O) groups is 1. The van der Waals surface area contributed by atoms with Crippen molar-refractivity contribution in [2.75, 3.05) is 18.5 Å². The van der Waals surface area contributed by atoms with E-state index in [2.05, 4.69) is 35.1 Å². The Morgan fingerprint density at radius 1 is 1.42 bits per heavy atom. The second kappa shape index (κ2) is 6.91. The molecule has 1 aromatic rings. The Morgan fingerprint density at radius 3 is 2.68 bits per heavy atom. The minimum atomic E-state index is -0.947. The van der Waals surface area contributed by atoms with E-state index < -0.39 is 5.97 Å². The van der Waals surface area contributed by atoms with E-state index in [0.29, 0.717) is 12.2 Å². The molecular weight excluding hydrogens is 310 g/mol. The highest BCUT2D eigenvalue weighted by Crippen LogP contribution is 2.26. The molecule has 0 aliphatic carbocycles. The number of carboxylic acids is 1. The number of aliphatic hydroxyl groups is 1. The molecule has 0 saturated carbocycles. The summed E-state index contributed by atoms with van der Waals surface area (Å²) < 4.78 is 0.745. The van der Waals surface area contributed by atoms with Crippen LogP contribution in [0, 0.1) is 5.41 Å². The Hall–Kier alpha value is -1.07. The molecule has 0 amide bonds. The van der Waals surface area contributed by atoms with Crippen LogP contribution in [-0.4, -0.2) is 29.3 Å². The van der Waals surface area contributed by atoms with Gasteiger partial charge in [-0.25, -0.2) is 4.79 Å². The number of hydrogen-bond acceptors (Lipinski definition) is 3. The lowest BCUT2D eigenvalue weighted by atomic mass is 9.88. The highest BCUT2D eigenvalue weighted by atomic mass is 79.9. The first-order valence-electron chi connectivity index (χ1n) is 6.23. The van der Waals surface area contributed by atoms with Crippen LogP contribution in [0.3, 0.4) is 0 Å². The molecule has 0 heterocycles. The van der Waals surface area contributed by atoms with Crippen molar-refractivity contribution in [3.8, 4) is 0 Å². The average Bonchev–Trinajstić information content (AvgIpc) is 2.35. The molecule has 0 aromatic heterocycles. The van der Waals surface area contributed by atoms with Crippen LogP contribution in [0.1, 0.15) is 37.0 Å². The number of hydrogen-bond donors (Lipinski definition) is 3. The monoisotopic (exact) mass is 329 g/mol. The number of carboxylic acid groups (broad SMARTS) is 1. The van der Waals surface area contributed by atoms with Gasteiger partial charge in [0, 0.05) is 23.3 Å². The van der Waals surface area contributed by atoms with Crippen molar-refractivity contribution in [2.45, 2.75) is 26.7 Å². The van der Waals surface area contributed by atoms with Crippen molar-refractivity contribution < 1.29 is 15.0 Å². The lowest BCUT2D eigenvalue weighted by Crippen LogP contribution is -2.24. The SMILES string of the molecule is CC(C)(CCCO)CNc1ccc(Br)cc1C(=O)O. The van der Waals surface area contributed by atoms with Gasteiger partial charge in [-0.1, -0.05) is 29.8 Å². The third-order valence-electron chi connectivity index (χ3n) is 2.98. The molecule has 0 bridgehead atoms. The molecule has 0 aliphatic rings. The fourth-order valence-electron chi connectivity index (χ4n) is 1.83. The van der Waals surface area contributed by atoms with Crippen LogP contribution in [0.2, 0.25) is 0 Å². The van der Waals surface area contributed by atoms with Gasteiger partial charge < -0.3 is 15.5 Å². The van der Waals surface area contributed by atoms with Gasteiger partial charge in [0.05, 0.1) is 5.56 Å². The number of halogens is 1. The summed E-state index contributed by atoms with van der Waals surface area (Å²) in [4.78, 5) is 11.2. The quantitative estimate of drug-likeness (QED) is 0.717. The lowest BCUT2D eigenvalue weighted by Gasteiger charge is -2.25. The summed E-state index contributed by atoms with van der Waals surface area (Å²) in [6, 6.07) is 5.16. The zero-order chi connectivity index (χ0) is 14.5. The fourth-order valence-corrected chi connectivity index (χ4v) is 2.19. The van der Waals surface area contributed by atoms with E-state index in [1.807, 2.05) is 6.07 Å². The molecule has 5 heteroatoms. The lowest BCUT2D eigenvalue weighted by molar-refractivity contribution is 0.0697. The van der Waals surface area contributed by atoms with Gasteiger partial charge in [-0.15, -0.1) is 0 Å². The molecule has 19 heavy (non-hydrogen) atoms. The summed E-state index contributed by atoms with van der Waals surface area (Å²) in [6.45, 7) is 5.03. The van der Waals surface area contributed by atoms with Gasteiger partial charge in [0.1, 0.15) is 0 Å². The first kappa shape index (κ1) is 16.0. The maximum Gasteiger partial charge on any atom is 0.337 e. The maximum atomic E-state index is 11.2. The Morgan fingerprint density at radius 2 is 2.11 bits per heavy atom. The molecule has 0 unspecified atom stereocenters. The van der Waals surface area contributed by atoms with Gasteiger partial charge in [0.25, 0.3) is 0 Å². The van der Waals surface area contributed by atoms with Crippen molar-refractivity contribution in [2.24, 2.45) is 5.41 Å². The minimum Gasteiger partial charge on any atom is -0.478 e. The van der Waals surface area contributed by atoms with Crippen molar-refractivity contribution in [1.29, 1.82) is 0 Å². The largest absolute Gasteiger partial charge is 0.478 e. The predicted octanol–water partition coefficient (Wildman–Crippen LogP) is 3.36. The summed E-state index contributed by atoms with van der Waals surface area (Å²) >= 11 is 3.27. The topological polar surface area (TPSA) is 69.6 Å². The van der Waals surface area contributed by atoms with Crippen LogP contribution in [-0.2, 0) is 0 Å². The Kier molecular flexibility index (Phi) is 5.82. The summed E-state index contributed by atoms with van der Waals surface area (Å²) in [5.74, 6) is -0.947. The number of rotatable bonds is 7. The summed E-state index contributed by atoms with van der Waals surface area (Å²) in [5.41, 5.74) is 0.881. The van der Waals surface area contributed by atoms with E-state index in [0.717, 1.165) is 17.3 Å². The highest BCUT2D eigenvalue weighted by molar-refractivity contribution is 9.10. The van der Waals surface area contributed by atoms with Crippen LogP contribution < -0.4 is 5.32 Å². The minimum absolute atomic E-state index is 0.00553. The maximum absolute atomic E-state index is 11.2. The van der Waals surface area contributed by atoms with Gasteiger partial charge in [-0.3, -0.25) is 0 Å². The van der Waals surface area contributed by atoms with E-state index >= 15 is 0 Å². The van der Waals surface area contributed by atoms with Crippen LogP contribution in [0.15, 0.2) is 22.7 Å². The number of benzene rings is 1. The van der Waals surface area contributed by atoms with Gasteiger partial charge in [-0.2, -0.15) is 0 Å². The van der Waals surface area contributed by atoms with Gasteiger partial charge >= 0.3 is 5.97 Å². The van der Waals surface area contributed by atoms with Gasteiger partial charge in [0.2, 0.25) is 0 Å². The zero-order valence-corrected chi connectivity index (χ0v) is 12.8. The molecule has 4 nitrogen and oxygen atoms in total. The van der Waals surface area contributed by atoms with Gasteiger partial charge in [0.15, 0.2) is 0 Å². The second-order valence-corrected chi connectivity index (χ2v) is 6.26. The van der Waals surface area contributed by atoms with E-state index in [4.69, 9.17) is 10.2 Å². The van der Waals surface area contributed by atoms with E-state index in [-0.39, 0.29) is 17.6 Å². The molecule has 0 aliphatic heterocycles. The molecule has 1 rings (SSSR count). The molecule has 0 radical (unpaired) electrons. The normalized spacial score (nSPS) is 11.4. The summed E-state index contributed by atoms with van der Waals surface area (Å²) in [7, 11) is 0. The molecule has 0 saturated heterocycles. The second-order valence-electron chi connectivity index (χ2n) is 5.34. The van der Waals surface area contributed by atoms with E-state index in [1.165, 1.54) is 0 Å². The molecule has 1 aromatic carbocycles. The van der Waals surface area contributed by atoms with Crippen molar-refractivity contribution in [1.82, 2.24) is 0 Å². The third-order valence-corrected chi connectivity index (χ3v) is 3.47. The molecule has 0 fully saturated rings. The van der Waals surface area contributed by atoms with Crippen LogP contribution >= 0.6 is 15.9 Å². The Labute approximate surface area is 122 Å². The predicted molar refractivity (Wildman–Crippen MR) is 79.7 cm³/mol. The number of aliphatic hydroxyl groups excluding tert-OH is 1. The third kappa shape index (κ3) is 5.20.